The topological polar surface area (TPSA) is 81.4 Å². The summed E-state index contributed by atoms with van der Waals surface area (Å²) in [6.45, 7) is -0.715. The summed E-state index contributed by atoms with van der Waals surface area (Å²) in [6.07, 6.45) is -2.57. The van der Waals surface area contributed by atoms with E-state index in [9.17, 15) is 17.2 Å². The molecule has 0 heterocycles. The minimum absolute atomic E-state index is 0.0503. The zero-order chi connectivity index (χ0) is 15.2. The fourth-order valence-corrected chi connectivity index (χ4v) is 3.40. The van der Waals surface area contributed by atoms with Crippen LogP contribution in [0.3, 0.4) is 0 Å². The predicted octanol–water partition coefficient (Wildman–Crippen LogP) is 1.47. The van der Waals surface area contributed by atoms with Crippen LogP contribution in [0.4, 0.5) is 8.78 Å². The average Bonchev–Trinajstić information content (AvgIpc) is 2.38. The first-order valence-electron chi connectivity index (χ1n) is 5.71. The normalized spacial score (nSPS) is 12.1. The van der Waals surface area contributed by atoms with Crippen LogP contribution in [0.1, 0.15) is 5.56 Å². The molecule has 114 valence electrons. The van der Waals surface area contributed by atoms with Gasteiger partial charge < -0.3 is 10.5 Å². The highest BCUT2D eigenvalue weighted by molar-refractivity contribution is 9.10. The molecular weight excluding hydrogens is 358 g/mol. The summed E-state index contributed by atoms with van der Waals surface area (Å²) in [5.74, 6) is 0. The molecule has 0 unspecified atom stereocenters. The van der Waals surface area contributed by atoms with E-state index in [0.717, 1.165) is 0 Å². The number of alkyl halides is 2. The lowest BCUT2D eigenvalue weighted by molar-refractivity contribution is 0.0199. The first-order chi connectivity index (χ1) is 9.36. The van der Waals surface area contributed by atoms with E-state index in [-0.39, 0.29) is 24.6 Å². The molecule has 20 heavy (non-hydrogen) atoms. The summed E-state index contributed by atoms with van der Waals surface area (Å²) in [5.41, 5.74) is 6.13. The third kappa shape index (κ3) is 5.41. The maximum Gasteiger partial charge on any atom is 0.261 e. The number of ether oxygens (including phenoxy) is 1. The van der Waals surface area contributed by atoms with Crippen LogP contribution in [0.5, 0.6) is 0 Å². The minimum atomic E-state index is -3.74. The highest BCUT2D eigenvalue weighted by Crippen LogP contribution is 2.22. The second-order valence-corrected chi connectivity index (χ2v) is 6.42. The highest BCUT2D eigenvalue weighted by atomic mass is 79.9. The van der Waals surface area contributed by atoms with Crippen LogP contribution in [0.25, 0.3) is 0 Å². The van der Waals surface area contributed by atoms with E-state index in [1.54, 1.807) is 12.1 Å². The lowest BCUT2D eigenvalue weighted by atomic mass is 10.2. The number of nitrogens with one attached hydrogen (secondary N) is 1. The Labute approximate surface area is 124 Å². The van der Waals surface area contributed by atoms with Crippen molar-refractivity contribution in [1.82, 2.24) is 4.72 Å². The smallest absolute Gasteiger partial charge is 0.261 e. The number of hydrogen-bond donors (Lipinski definition) is 2. The van der Waals surface area contributed by atoms with Gasteiger partial charge in [0.15, 0.2) is 0 Å². The Morgan fingerprint density at radius 2 is 2.10 bits per heavy atom. The summed E-state index contributed by atoms with van der Waals surface area (Å²) in [6, 6.07) is 4.74. The van der Waals surface area contributed by atoms with Crippen molar-refractivity contribution in [2.75, 3.05) is 19.8 Å². The summed E-state index contributed by atoms with van der Waals surface area (Å²) in [7, 11) is -3.74. The van der Waals surface area contributed by atoms with E-state index in [2.05, 4.69) is 25.4 Å². The largest absolute Gasteiger partial charge is 0.374 e. The van der Waals surface area contributed by atoms with Crippen molar-refractivity contribution in [2.45, 2.75) is 17.9 Å². The highest BCUT2D eigenvalue weighted by Gasteiger charge is 2.17. The molecule has 0 radical (unpaired) electrons. The number of halogens is 3. The van der Waals surface area contributed by atoms with Gasteiger partial charge >= 0.3 is 0 Å². The summed E-state index contributed by atoms with van der Waals surface area (Å²) < 4.78 is 55.0. The van der Waals surface area contributed by atoms with E-state index in [1.165, 1.54) is 6.07 Å². The van der Waals surface area contributed by atoms with Crippen LogP contribution < -0.4 is 10.5 Å². The fraction of sp³-hybridized carbons (Fsp3) is 0.455. The lowest BCUT2D eigenvalue weighted by Crippen LogP contribution is -2.28. The van der Waals surface area contributed by atoms with Gasteiger partial charge in [0.05, 0.1) is 11.5 Å². The fourth-order valence-electron chi connectivity index (χ4n) is 1.38. The molecule has 0 spiro atoms. The quantitative estimate of drug-likeness (QED) is 0.677. The average molecular weight is 373 g/mol. The van der Waals surface area contributed by atoms with Crippen LogP contribution in [0.2, 0.25) is 0 Å². The molecule has 0 amide bonds. The van der Waals surface area contributed by atoms with Crippen molar-refractivity contribution >= 4 is 26.0 Å². The minimum Gasteiger partial charge on any atom is -0.374 e. The second-order valence-electron chi connectivity index (χ2n) is 3.83. The number of hydrogen-bond acceptors (Lipinski definition) is 4. The zero-order valence-corrected chi connectivity index (χ0v) is 12.9. The van der Waals surface area contributed by atoms with Gasteiger partial charge in [-0.1, -0.05) is 6.07 Å². The molecule has 9 heteroatoms. The van der Waals surface area contributed by atoms with Gasteiger partial charge in [-0.15, -0.1) is 0 Å². The molecule has 0 saturated heterocycles. The van der Waals surface area contributed by atoms with Crippen molar-refractivity contribution in [1.29, 1.82) is 0 Å². The standard InChI is InChI=1S/C11H15BrF2N2O3S/c12-9-2-1-8(6-15)5-10(9)20(17,18)16-3-4-19-7-11(13)14/h1-2,5,11,16H,3-4,6-7,15H2. The van der Waals surface area contributed by atoms with Gasteiger partial charge in [-0.25, -0.2) is 21.9 Å². The molecule has 5 nitrogen and oxygen atoms in total. The molecule has 0 aliphatic carbocycles. The monoisotopic (exact) mass is 372 g/mol. The Morgan fingerprint density at radius 3 is 2.70 bits per heavy atom. The van der Waals surface area contributed by atoms with Gasteiger partial charge in [-0.05, 0) is 33.6 Å². The van der Waals surface area contributed by atoms with Crippen LogP contribution in [0.15, 0.2) is 27.6 Å². The molecule has 0 saturated carbocycles. The molecule has 1 aromatic rings. The Balaban J connectivity index is 2.64. The third-order valence-corrected chi connectivity index (χ3v) is 4.76. The zero-order valence-electron chi connectivity index (χ0n) is 10.5. The summed E-state index contributed by atoms with van der Waals surface area (Å²) in [4.78, 5) is 0.0503. The van der Waals surface area contributed by atoms with E-state index >= 15 is 0 Å². The molecule has 1 aromatic carbocycles. The molecule has 0 bridgehead atoms. The van der Waals surface area contributed by atoms with E-state index in [0.29, 0.717) is 10.0 Å². The molecule has 0 atom stereocenters. The summed E-state index contributed by atoms with van der Waals surface area (Å²) in [5, 5.41) is 0. The van der Waals surface area contributed by atoms with Gasteiger partial charge in [-0.3, -0.25) is 0 Å². The number of sulfonamides is 1. The molecule has 0 aromatic heterocycles. The number of nitrogens with two attached hydrogens (primary N) is 1. The lowest BCUT2D eigenvalue weighted by Gasteiger charge is -2.10. The van der Waals surface area contributed by atoms with Crippen molar-refractivity contribution in [3.05, 3.63) is 28.2 Å². The van der Waals surface area contributed by atoms with Gasteiger partial charge in [0.25, 0.3) is 6.43 Å². The maximum atomic E-state index is 12.0. The van der Waals surface area contributed by atoms with Crippen LogP contribution >= 0.6 is 15.9 Å². The Kier molecular flexibility index (Phi) is 6.96. The van der Waals surface area contributed by atoms with Crippen molar-refractivity contribution in [3.63, 3.8) is 0 Å². The van der Waals surface area contributed by atoms with Gasteiger partial charge in [0, 0.05) is 17.6 Å². The third-order valence-electron chi connectivity index (χ3n) is 2.30. The van der Waals surface area contributed by atoms with E-state index < -0.39 is 23.1 Å². The molecule has 0 aliphatic heterocycles. The molecule has 0 aliphatic rings. The molecule has 1 rings (SSSR count). The van der Waals surface area contributed by atoms with Gasteiger partial charge in [-0.2, -0.15) is 0 Å². The molecule has 3 N–H and O–H groups in total. The van der Waals surface area contributed by atoms with Crippen molar-refractivity contribution in [2.24, 2.45) is 5.73 Å². The SMILES string of the molecule is NCc1ccc(Br)c(S(=O)(=O)NCCOCC(F)F)c1. The number of benzene rings is 1. The Hall–Kier alpha value is -0.610. The molecule has 0 fully saturated rings. The van der Waals surface area contributed by atoms with E-state index in [4.69, 9.17) is 5.73 Å². The predicted molar refractivity (Wildman–Crippen MR) is 74.0 cm³/mol. The second kappa shape index (κ2) is 7.99. The summed E-state index contributed by atoms with van der Waals surface area (Å²) >= 11 is 3.15. The van der Waals surface area contributed by atoms with Crippen LogP contribution in [-0.4, -0.2) is 34.6 Å². The first kappa shape index (κ1) is 17.4. The van der Waals surface area contributed by atoms with Crippen LogP contribution in [0, 0.1) is 0 Å². The van der Waals surface area contributed by atoms with E-state index in [1.807, 2.05) is 0 Å². The molecular formula is C11H15BrF2N2O3S. The van der Waals surface area contributed by atoms with Gasteiger partial charge in [0.2, 0.25) is 10.0 Å². The Bertz CT molecular complexity index is 540. The maximum absolute atomic E-state index is 12.0. The van der Waals surface area contributed by atoms with Gasteiger partial charge in [0.1, 0.15) is 6.61 Å². The Morgan fingerprint density at radius 1 is 1.40 bits per heavy atom. The van der Waals surface area contributed by atoms with Crippen molar-refractivity contribution < 1.29 is 21.9 Å². The first-order valence-corrected chi connectivity index (χ1v) is 7.98. The van der Waals surface area contributed by atoms with Crippen molar-refractivity contribution in [3.8, 4) is 0 Å². The number of rotatable bonds is 8. The van der Waals surface area contributed by atoms with Crippen LogP contribution in [-0.2, 0) is 21.3 Å².